The number of aliphatic hydroxyl groups is 1. The van der Waals surface area contributed by atoms with Gasteiger partial charge in [-0.25, -0.2) is 4.39 Å². The Labute approximate surface area is 152 Å². The maximum absolute atomic E-state index is 13.0. The lowest BCUT2D eigenvalue weighted by Crippen LogP contribution is -2.06. The molecule has 1 aromatic heterocycles. The topological polar surface area (TPSA) is 50.2 Å². The third kappa shape index (κ3) is 3.39. The molecule has 2 aromatic rings. The van der Waals surface area contributed by atoms with Gasteiger partial charge < -0.3 is 5.11 Å². The van der Waals surface area contributed by atoms with Gasteiger partial charge in [-0.05, 0) is 68.1 Å². The lowest BCUT2D eigenvalue weighted by Gasteiger charge is -2.13. The number of hydrogen-bond donors (Lipinski definition) is 1. The van der Waals surface area contributed by atoms with Gasteiger partial charge in [-0.3, -0.25) is 9.78 Å². The molecule has 0 saturated carbocycles. The molecule has 1 heterocycles. The molecule has 0 amide bonds. The van der Waals surface area contributed by atoms with Gasteiger partial charge in [-0.2, -0.15) is 0 Å². The summed E-state index contributed by atoms with van der Waals surface area (Å²) in [6, 6.07) is 6.78. The Bertz CT molecular complexity index is 939. The summed E-state index contributed by atoms with van der Waals surface area (Å²) in [4.78, 5) is 16.7. The predicted octanol–water partition coefficient (Wildman–Crippen LogP) is 4.31. The van der Waals surface area contributed by atoms with Gasteiger partial charge in [0.25, 0.3) is 0 Å². The number of benzene rings is 1. The predicted molar refractivity (Wildman–Crippen MR) is 99.0 cm³/mol. The zero-order valence-electron chi connectivity index (χ0n) is 15.1. The first kappa shape index (κ1) is 17.9. The monoisotopic (exact) mass is 349 g/mol. The molecule has 0 spiro atoms. The molecule has 0 fully saturated rings. The summed E-state index contributed by atoms with van der Waals surface area (Å²) in [6.45, 7) is 5.62. The number of aromatic nitrogens is 1. The summed E-state index contributed by atoms with van der Waals surface area (Å²) < 4.78 is 13.0. The van der Waals surface area contributed by atoms with E-state index in [0.29, 0.717) is 17.7 Å². The van der Waals surface area contributed by atoms with E-state index in [4.69, 9.17) is 0 Å². The van der Waals surface area contributed by atoms with Crippen LogP contribution in [0.5, 0.6) is 0 Å². The zero-order valence-corrected chi connectivity index (χ0v) is 15.1. The largest absolute Gasteiger partial charge is 0.511 e. The average Bonchev–Trinajstić information content (AvgIpc) is 2.84. The Kier molecular flexibility index (Phi) is 4.90. The number of pyridine rings is 1. The van der Waals surface area contributed by atoms with E-state index >= 15 is 0 Å². The molecule has 0 saturated heterocycles. The van der Waals surface area contributed by atoms with Crippen LogP contribution in [0.3, 0.4) is 0 Å². The molecule has 1 aliphatic carbocycles. The van der Waals surface area contributed by atoms with Gasteiger partial charge in [0.1, 0.15) is 11.6 Å². The van der Waals surface area contributed by atoms with E-state index in [1.165, 1.54) is 6.07 Å². The Morgan fingerprint density at radius 2 is 1.96 bits per heavy atom. The molecule has 26 heavy (non-hydrogen) atoms. The van der Waals surface area contributed by atoms with Gasteiger partial charge in [0.05, 0.1) is 11.8 Å². The van der Waals surface area contributed by atoms with Crippen LogP contribution in [0.4, 0.5) is 4.39 Å². The van der Waals surface area contributed by atoms with Gasteiger partial charge in [0.2, 0.25) is 0 Å². The number of hydrogen-bond acceptors (Lipinski definition) is 3. The fourth-order valence-electron chi connectivity index (χ4n) is 3.56. The molecule has 0 bridgehead atoms. The standard InChI is InChI=1S/C22H20FNO2/c1-4-5-15-8-13(2)20(14(3)9-15)21-19(25)11-16(22(21)26)10-18-7-6-17(23)12-24-18/h6-9,12,16,26H,10-11H2,1-3H3. The van der Waals surface area contributed by atoms with Gasteiger partial charge in [0, 0.05) is 23.6 Å². The minimum Gasteiger partial charge on any atom is -0.511 e. The van der Waals surface area contributed by atoms with Crippen molar-refractivity contribution < 1.29 is 14.3 Å². The molecule has 132 valence electrons. The molecule has 1 unspecified atom stereocenters. The Morgan fingerprint density at radius 1 is 1.27 bits per heavy atom. The van der Waals surface area contributed by atoms with E-state index in [9.17, 15) is 14.3 Å². The number of carbonyl (C=O) groups is 1. The SMILES string of the molecule is CC#Cc1cc(C)c(C2=C(O)C(Cc3ccc(F)cn3)CC2=O)c(C)c1. The Morgan fingerprint density at radius 3 is 2.54 bits per heavy atom. The number of carbonyl (C=O) groups excluding carboxylic acids is 1. The fourth-order valence-corrected chi connectivity index (χ4v) is 3.56. The minimum atomic E-state index is -0.404. The molecule has 1 N–H and O–H groups in total. The molecule has 1 atom stereocenters. The minimum absolute atomic E-state index is 0.0739. The van der Waals surface area contributed by atoms with Gasteiger partial charge >= 0.3 is 0 Å². The van der Waals surface area contributed by atoms with E-state index in [-0.39, 0.29) is 23.9 Å². The number of rotatable bonds is 3. The van der Waals surface area contributed by atoms with E-state index in [0.717, 1.165) is 28.5 Å². The van der Waals surface area contributed by atoms with E-state index in [2.05, 4.69) is 16.8 Å². The molecular formula is C22H20FNO2. The molecule has 1 aliphatic rings. The molecule has 0 radical (unpaired) electrons. The normalized spacial score (nSPS) is 16.6. The molecular weight excluding hydrogens is 329 g/mol. The number of nitrogens with zero attached hydrogens (tertiary/aromatic N) is 1. The second kappa shape index (κ2) is 7.13. The van der Waals surface area contributed by atoms with Crippen LogP contribution in [-0.2, 0) is 11.2 Å². The smallest absolute Gasteiger partial charge is 0.167 e. The first-order valence-corrected chi connectivity index (χ1v) is 8.51. The summed E-state index contributed by atoms with van der Waals surface area (Å²) >= 11 is 0. The van der Waals surface area contributed by atoms with Crippen LogP contribution in [0.1, 0.15) is 41.3 Å². The molecule has 4 heteroatoms. The maximum Gasteiger partial charge on any atom is 0.167 e. The maximum atomic E-state index is 13.0. The number of allylic oxidation sites excluding steroid dienone is 2. The number of aliphatic hydroxyl groups excluding tert-OH is 1. The summed E-state index contributed by atoms with van der Waals surface area (Å²) in [5.41, 5.74) is 4.55. The second-order valence-electron chi connectivity index (χ2n) is 6.62. The van der Waals surface area contributed by atoms with E-state index in [1.54, 1.807) is 13.0 Å². The van der Waals surface area contributed by atoms with Gasteiger partial charge in [-0.1, -0.05) is 5.92 Å². The highest BCUT2D eigenvalue weighted by Crippen LogP contribution is 2.38. The van der Waals surface area contributed by atoms with Crippen molar-refractivity contribution in [3.05, 3.63) is 70.0 Å². The van der Waals surface area contributed by atoms with E-state index < -0.39 is 5.82 Å². The second-order valence-corrected chi connectivity index (χ2v) is 6.62. The Balaban J connectivity index is 1.98. The highest BCUT2D eigenvalue weighted by atomic mass is 19.1. The van der Waals surface area contributed by atoms with Crippen LogP contribution in [-0.4, -0.2) is 15.9 Å². The van der Waals surface area contributed by atoms with Crippen molar-refractivity contribution >= 4 is 11.4 Å². The van der Waals surface area contributed by atoms with Crippen LogP contribution in [0, 0.1) is 37.4 Å². The number of Topliss-reactive ketones (excluding diaryl/α,β-unsaturated/α-hetero) is 1. The van der Waals surface area contributed by atoms with Gasteiger partial charge in [0.15, 0.2) is 5.78 Å². The van der Waals surface area contributed by atoms with Crippen LogP contribution in [0.15, 0.2) is 36.2 Å². The van der Waals surface area contributed by atoms with Gasteiger partial charge in [-0.15, -0.1) is 5.92 Å². The average molecular weight is 349 g/mol. The highest BCUT2D eigenvalue weighted by Gasteiger charge is 2.34. The number of aryl methyl sites for hydroxylation is 2. The first-order valence-electron chi connectivity index (χ1n) is 8.51. The van der Waals surface area contributed by atoms with Crippen LogP contribution < -0.4 is 0 Å². The van der Waals surface area contributed by atoms with Crippen LogP contribution in [0.2, 0.25) is 0 Å². The summed E-state index contributed by atoms with van der Waals surface area (Å²) in [7, 11) is 0. The van der Waals surface area contributed by atoms with Crippen molar-refractivity contribution in [3.8, 4) is 11.8 Å². The number of ketones is 1. The van der Waals surface area contributed by atoms with Crippen molar-refractivity contribution in [2.45, 2.75) is 33.6 Å². The van der Waals surface area contributed by atoms with Crippen LogP contribution >= 0.6 is 0 Å². The third-order valence-corrected chi connectivity index (χ3v) is 4.65. The Hall–Kier alpha value is -2.93. The highest BCUT2D eigenvalue weighted by molar-refractivity contribution is 6.24. The number of halogens is 1. The zero-order chi connectivity index (χ0) is 18.8. The molecule has 1 aromatic carbocycles. The first-order chi connectivity index (χ1) is 12.4. The summed E-state index contributed by atoms with van der Waals surface area (Å²) in [5, 5.41) is 10.7. The molecule has 3 nitrogen and oxygen atoms in total. The summed E-state index contributed by atoms with van der Waals surface area (Å²) in [5.74, 6) is 5.19. The quantitative estimate of drug-likeness (QED) is 0.840. The van der Waals surface area contributed by atoms with Crippen molar-refractivity contribution in [1.29, 1.82) is 0 Å². The fraction of sp³-hybridized carbons (Fsp3) is 0.273. The van der Waals surface area contributed by atoms with Crippen molar-refractivity contribution in [3.63, 3.8) is 0 Å². The third-order valence-electron chi connectivity index (χ3n) is 4.65. The lowest BCUT2D eigenvalue weighted by molar-refractivity contribution is -0.113. The molecule has 0 aliphatic heterocycles. The molecule has 3 rings (SSSR count). The van der Waals surface area contributed by atoms with Crippen molar-refractivity contribution in [1.82, 2.24) is 4.98 Å². The van der Waals surface area contributed by atoms with E-state index in [1.807, 2.05) is 26.0 Å². The van der Waals surface area contributed by atoms with Crippen molar-refractivity contribution in [2.75, 3.05) is 0 Å². The van der Waals surface area contributed by atoms with Crippen LogP contribution in [0.25, 0.3) is 5.57 Å². The lowest BCUT2D eigenvalue weighted by atomic mass is 9.92. The summed E-state index contributed by atoms with van der Waals surface area (Å²) in [6.07, 6.45) is 1.78. The van der Waals surface area contributed by atoms with Crippen molar-refractivity contribution in [2.24, 2.45) is 5.92 Å².